The van der Waals surface area contributed by atoms with E-state index in [1.165, 1.54) is 11.0 Å². The Morgan fingerprint density at radius 2 is 1.61 bits per heavy atom. The van der Waals surface area contributed by atoms with Gasteiger partial charge in [-0.2, -0.15) is 0 Å². The van der Waals surface area contributed by atoms with E-state index < -0.39 is 29.9 Å². The lowest BCUT2D eigenvalue weighted by atomic mass is 10.1. The van der Waals surface area contributed by atoms with Gasteiger partial charge in [-0.05, 0) is 29.3 Å². The van der Waals surface area contributed by atoms with Crippen LogP contribution in [0.25, 0.3) is 0 Å². The molecule has 1 saturated heterocycles. The lowest BCUT2D eigenvalue weighted by molar-refractivity contribution is 0.0720. The molecule has 3 aromatic carbocycles. The van der Waals surface area contributed by atoms with E-state index in [1.54, 1.807) is 0 Å². The standard InChI is InChI=1S/C26H26F2N2O3/c27-22-11-12-23(28)21(13-22)15-29(14-19-7-3-1-4-8-19)24-16-30(17-25(24)31)26(32)33-18-20-9-5-2-6-10-20/h1-13,24-25,31H,14-18H2/t24-,25-/m1/s1. The number of carbonyl (C=O) groups excluding carboxylic acids is 1. The molecular formula is C26H26F2N2O3. The van der Waals surface area contributed by atoms with Gasteiger partial charge in [0.05, 0.1) is 18.7 Å². The smallest absolute Gasteiger partial charge is 0.410 e. The van der Waals surface area contributed by atoms with Gasteiger partial charge in [0.15, 0.2) is 0 Å². The molecule has 0 aliphatic carbocycles. The van der Waals surface area contributed by atoms with Crippen molar-refractivity contribution in [3.8, 4) is 0 Å². The fourth-order valence-corrected chi connectivity index (χ4v) is 4.08. The van der Waals surface area contributed by atoms with Crippen molar-refractivity contribution in [2.45, 2.75) is 31.8 Å². The molecule has 0 saturated carbocycles. The van der Waals surface area contributed by atoms with Crippen molar-refractivity contribution in [3.63, 3.8) is 0 Å². The van der Waals surface area contributed by atoms with Crippen LogP contribution in [0.1, 0.15) is 16.7 Å². The number of benzene rings is 3. The van der Waals surface area contributed by atoms with Crippen LogP contribution in [-0.4, -0.2) is 46.2 Å². The Balaban J connectivity index is 1.48. The number of amides is 1. The number of hydrogen-bond donors (Lipinski definition) is 1. The summed E-state index contributed by atoms with van der Waals surface area (Å²) in [5.41, 5.74) is 2.03. The molecule has 3 aromatic rings. The van der Waals surface area contributed by atoms with Crippen molar-refractivity contribution in [3.05, 3.63) is 107 Å². The normalized spacial score (nSPS) is 18.0. The largest absolute Gasteiger partial charge is 0.445 e. The third kappa shape index (κ3) is 5.94. The van der Waals surface area contributed by atoms with E-state index >= 15 is 0 Å². The first kappa shape index (κ1) is 22.9. The highest BCUT2D eigenvalue weighted by Gasteiger charge is 2.38. The van der Waals surface area contributed by atoms with Crippen LogP contribution in [-0.2, 0) is 24.4 Å². The zero-order chi connectivity index (χ0) is 23.2. The molecule has 0 bridgehead atoms. The molecule has 172 valence electrons. The van der Waals surface area contributed by atoms with E-state index in [0.717, 1.165) is 23.3 Å². The molecule has 1 fully saturated rings. The van der Waals surface area contributed by atoms with Gasteiger partial charge < -0.3 is 14.7 Å². The lowest BCUT2D eigenvalue weighted by Gasteiger charge is -2.31. The molecule has 1 N–H and O–H groups in total. The molecule has 33 heavy (non-hydrogen) atoms. The summed E-state index contributed by atoms with van der Waals surface area (Å²) in [6.45, 7) is 0.964. The van der Waals surface area contributed by atoms with Gasteiger partial charge in [0.1, 0.15) is 18.2 Å². The first-order valence-electron chi connectivity index (χ1n) is 10.8. The third-order valence-corrected chi connectivity index (χ3v) is 5.80. The number of rotatable bonds is 7. The Morgan fingerprint density at radius 1 is 0.939 bits per heavy atom. The number of aliphatic hydroxyl groups excluding tert-OH is 1. The predicted octanol–water partition coefficient (Wildman–Crippen LogP) is 4.35. The maximum Gasteiger partial charge on any atom is 0.410 e. The molecule has 0 aromatic heterocycles. The number of halogens is 2. The van der Waals surface area contributed by atoms with Crippen LogP contribution >= 0.6 is 0 Å². The van der Waals surface area contributed by atoms with Crippen LogP contribution in [0.3, 0.4) is 0 Å². The predicted molar refractivity (Wildman–Crippen MR) is 120 cm³/mol. The Hall–Kier alpha value is -3.29. The number of likely N-dealkylation sites (tertiary alicyclic amines) is 1. The molecule has 1 aliphatic heterocycles. The fourth-order valence-electron chi connectivity index (χ4n) is 4.08. The van der Waals surface area contributed by atoms with Crippen molar-refractivity contribution in [1.29, 1.82) is 0 Å². The highest BCUT2D eigenvalue weighted by Crippen LogP contribution is 2.23. The van der Waals surface area contributed by atoms with E-state index in [2.05, 4.69) is 0 Å². The van der Waals surface area contributed by atoms with E-state index in [4.69, 9.17) is 4.74 Å². The van der Waals surface area contributed by atoms with Crippen LogP contribution in [0.2, 0.25) is 0 Å². The fraction of sp³-hybridized carbons (Fsp3) is 0.269. The molecule has 1 amide bonds. The average Bonchev–Trinajstić information content (AvgIpc) is 3.22. The second-order valence-electron chi connectivity index (χ2n) is 8.21. The van der Waals surface area contributed by atoms with Gasteiger partial charge in [0, 0.05) is 25.2 Å². The molecule has 7 heteroatoms. The van der Waals surface area contributed by atoms with Crippen LogP contribution in [0.15, 0.2) is 78.9 Å². The van der Waals surface area contributed by atoms with Crippen LogP contribution < -0.4 is 0 Å². The molecule has 0 spiro atoms. The Morgan fingerprint density at radius 3 is 2.30 bits per heavy atom. The molecule has 1 aliphatic rings. The van der Waals surface area contributed by atoms with Crippen molar-refractivity contribution < 1.29 is 23.4 Å². The van der Waals surface area contributed by atoms with E-state index in [1.807, 2.05) is 65.6 Å². The highest BCUT2D eigenvalue weighted by molar-refractivity contribution is 5.68. The summed E-state index contributed by atoms with van der Waals surface area (Å²) < 4.78 is 33.6. The molecule has 0 unspecified atom stereocenters. The van der Waals surface area contributed by atoms with Crippen LogP contribution in [0, 0.1) is 11.6 Å². The quantitative estimate of drug-likeness (QED) is 0.579. The SMILES string of the molecule is O=C(OCc1ccccc1)N1C[C@@H](O)[C@H](N(Cc2ccccc2)Cc2cc(F)ccc2F)C1. The van der Waals surface area contributed by atoms with E-state index in [9.17, 15) is 18.7 Å². The monoisotopic (exact) mass is 452 g/mol. The summed E-state index contributed by atoms with van der Waals surface area (Å²) in [5, 5.41) is 10.8. The van der Waals surface area contributed by atoms with Crippen LogP contribution in [0.5, 0.6) is 0 Å². The van der Waals surface area contributed by atoms with Crippen LogP contribution in [0.4, 0.5) is 13.6 Å². The Kier molecular flexibility index (Phi) is 7.32. The zero-order valence-corrected chi connectivity index (χ0v) is 18.1. The number of β-amino-alcohol motifs (C(OH)–C–C–N with tert-alkyl or cyclic N) is 1. The van der Waals surface area contributed by atoms with Gasteiger partial charge in [-0.15, -0.1) is 0 Å². The second kappa shape index (κ2) is 10.6. The third-order valence-electron chi connectivity index (χ3n) is 5.80. The number of ether oxygens (including phenoxy) is 1. The van der Waals surface area contributed by atoms with Crippen molar-refractivity contribution >= 4 is 6.09 Å². The summed E-state index contributed by atoms with van der Waals surface area (Å²) in [6.07, 6.45) is -1.37. The number of aliphatic hydroxyl groups is 1. The molecule has 1 heterocycles. The van der Waals surface area contributed by atoms with Gasteiger partial charge in [0.2, 0.25) is 0 Å². The van der Waals surface area contributed by atoms with Gasteiger partial charge in [-0.3, -0.25) is 4.90 Å². The Labute approximate surface area is 191 Å². The summed E-state index contributed by atoms with van der Waals surface area (Å²) >= 11 is 0. The minimum Gasteiger partial charge on any atom is -0.445 e. The minimum absolute atomic E-state index is 0.0904. The van der Waals surface area contributed by atoms with Gasteiger partial charge in [-0.1, -0.05) is 60.7 Å². The highest BCUT2D eigenvalue weighted by atomic mass is 19.1. The van der Waals surface area contributed by atoms with Crippen molar-refractivity contribution in [2.75, 3.05) is 13.1 Å². The minimum atomic E-state index is -0.852. The van der Waals surface area contributed by atoms with E-state index in [0.29, 0.717) is 6.54 Å². The molecule has 0 radical (unpaired) electrons. The molecule has 4 rings (SSSR count). The summed E-state index contributed by atoms with van der Waals surface area (Å²) in [5.74, 6) is -1.04. The topological polar surface area (TPSA) is 53.0 Å². The maximum atomic E-state index is 14.4. The molecular weight excluding hydrogens is 426 g/mol. The van der Waals surface area contributed by atoms with Crippen molar-refractivity contribution in [2.24, 2.45) is 0 Å². The number of nitrogens with zero attached hydrogens (tertiary/aromatic N) is 2. The zero-order valence-electron chi connectivity index (χ0n) is 18.1. The number of carbonyl (C=O) groups is 1. The lowest BCUT2D eigenvalue weighted by Crippen LogP contribution is -2.42. The Bertz CT molecular complexity index is 1070. The van der Waals surface area contributed by atoms with Gasteiger partial charge in [-0.25, -0.2) is 13.6 Å². The second-order valence-corrected chi connectivity index (χ2v) is 8.21. The average molecular weight is 453 g/mol. The summed E-state index contributed by atoms with van der Waals surface area (Å²) in [7, 11) is 0. The number of hydrogen-bond acceptors (Lipinski definition) is 4. The summed E-state index contributed by atoms with van der Waals surface area (Å²) in [4.78, 5) is 15.9. The van der Waals surface area contributed by atoms with Gasteiger partial charge in [0.25, 0.3) is 0 Å². The maximum absolute atomic E-state index is 14.4. The molecule has 5 nitrogen and oxygen atoms in total. The van der Waals surface area contributed by atoms with Crippen molar-refractivity contribution in [1.82, 2.24) is 9.80 Å². The summed E-state index contributed by atoms with van der Waals surface area (Å²) in [6, 6.07) is 21.8. The first-order valence-corrected chi connectivity index (χ1v) is 10.8. The van der Waals surface area contributed by atoms with E-state index in [-0.39, 0.29) is 31.8 Å². The molecule has 2 atom stereocenters. The first-order chi connectivity index (χ1) is 16.0. The van der Waals surface area contributed by atoms with Gasteiger partial charge >= 0.3 is 6.09 Å².